The van der Waals surface area contributed by atoms with Crippen molar-refractivity contribution in [3.8, 4) is 0 Å². The van der Waals surface area contributed by atoms with Crippen LogP contribution in [0.3, 0.4) is 0 Å². The molecular formula is C20H27ClN6O3S2. The van der Waals surface area contributed by atoms with E-state index in [9.17, 15) is 13.2 Å². The summed E-state index contributed by atoms with van der Waals surface area (Å²) in [6.45, 7) is 1.97. The molecule has 1 aromatic heterocycles. The number of nitrogens with one attached hydrogen (secondary N) is 1. The van der Waals surface area contributed by atoms with Gasteiger partial charge >= 0.3 is 0 Å². The summed E-state index contributed by atoms with van der Waals surface area (Å²) in [5.41, 5.74) is 0.262. The van der Waals surface area contributed by atoms with Crippen LogP contribution in [0.25, 0.3) is 0 Å². The Morgan fingerprint density at radius 2 is 1.94 bits per heavy atom. The van der Waals surface area contributed by atoms with Crippen molar-refractivity contribution in [2.75, 3.05) is 43.2 Å². The van der Waals surface area contributed by atoms with Crippen LogP contribution in [0.15, 0.2) is 28.3 Å². The van der Waals surface area contributed by atoms with Crippen molar-refractivity contribution in [2.24, 2.45) is 0 Å². The Morgan fingerprint density at radius 3 is 2.59 bits per heavy atom. The molecule has 1 aliphatic carbocycles. The average Bonchev–Trinajstić information content (AvgIpc) is 3.53. The van der Waals surface area contributed by atoms with E-state index < -0.39 is 10.0 Å². The molecule has 4 rings (SSSR count). The highest BCUT2D eigenvalue weighted by Crippen LogP contribution is 2.41. The number of nitrogens with zero attached hydrogens (tertiary/aromatic N) is 5. The van der Waals surface area contributed by atoms with Gasteiger partial charge in [-0.15, -0.1) is 10.2 Å². The maximum atomic E-state index is 12.6. The van der Waals surface area contributed by atoms with Gasteiger partial charge in [0, 0.05) is 33.2 Å². The normalized spacial score (nSPS) is 17.1. The summed E-state index contributed by atoms with van der Waals surface area (Å²) in [7, 11) is -0.729. The van der Waals surface area contributed by atoms with Crippen LogP contribution in [0.4, 0.5) is 11.6 Å². The van der Waals surface area contributed by atoms with E-state index in [4.69, 9.17) is 11.6 Å². The number of amides is 1. The molecular weight excluding hydrogens is 472 g/mol. The maximum Gasteiger partial charge on any atom is 0.242 e. The Bertz CT molecular complexity index is 1090. The van der Waals surface area contributed by atoms with Crippen molar-refractivity contribution in [2.45, 2.75) is 48.2 Å². The van der Waals surface area contributed by atoms with Gasteiger partial charge in [-0.2, -0.15) is 0 Å². The lowest BCUT2D eigenvalue weighted by atomic mass is 10.1. The summed E-state index contributed by atoms with van der Waals surface area (Å²) in [6.07, 6.45) is 5.76. The topological polar surface area (TPSA) is 100 Å². The summed E-state index contributed by atoms with van der Waals surface area (Å²) >= 11 is 7.52. The monoisotopic (exact) mass is 498 g/mol. The minimum atomic E-state index is -3.63. The Balaban J connectivity index is 1.44. The van der Waals surface area contributed by atoms with Crippen molar-refractivity contribution in [3.63, 3.8) is 0 Å². The fourth-order valence-corrected chi connectivity index (χ4v) is 5.51. The highest BCUT2D eigenvalue weighted by molar-refractivity contribution is 7.99. The number of anilines is 2. The first kappa shape index (κ1) is 23.3. The number of thioether (sulfide) groups is 1. The second-order valence-corrected chi connectivity index (χ2v) is 11.7. The van der Waals surface area contributed by atoms with Crippen molar-refractivity contribution in [1.82, 2.24) is 19.1 Å². The van der Waals surface area contributed by atoms with Gasteiger partial charge in [0.1, 0.15) is 0 Å². The number of piperidine rings is 1. The molecule has 1 aromatic carbocycles. The molecule has 2 aliphatic rings. The summed E-state index contributed by atoms with van der Waals surface area (Å²) in [5.74, 6) is 0.729. The van der Waals surface area contributed by atoms with Gasteiger partial charge in [0.25, 0.3) is 0 Å². The molecule has 1 aliphatic heterocycles. The van der Waals surface area contributed by atoms with E-state index in [1.54, 1.807) is 0 Å². The number of carbonyl (C=O) groups excluding carboxylic acids is 1. The zero-order valence-electron chi connectivity index (χ0n) is 18.1. The number of aromatic nitrogens is 3. The third-order valence-electron chi connectivity index (χ3n) is 5.52. The Labute approximate surface area is 197 Å². The number of hydrogen-bond donors (Lipinski definition) is 1. The molecule has 0 unspecified atom stereocenters. The van der Waals surface area contributed by atoms with Crippen LogP contribution in [0.2, 0.25) is 5.02 Å². The van der Waals surface area contributed by atoms with Gasteiger partial charge in [0.2, 0.25) is 21.9 Å². The van der Waals surface area contributed by atoms with E-state index >= 15 is 0 Å². The Kier molecular flexibility index (Phi) is 6.99. The lowest BCUT2D eigenvalue weighted by Gasteiger charge is -2.27. The molecule has 174 valence electrons. The van der Waals surface area contributed by atoms with Crippen LogP contribution in [-0.2, 0) is 14.8 Å². The van der Waals surface area contributed by atoms with Crippen LogP contribution in [0.1, 0.15) is 38.1 Å². The predicted molar refractivity (Wildman–Crippen MR) is 126 cm³/mol. The first-order chi connectivity index (χ1) is 15.3. The van der Waals surface area contributed by atoms with Gasteiger partial charge in [-0.25, -0.2) is 12.7 Å². The van der Waals surface area contributed by atoms with Gasteiger partial charge in [-0.05, 0) is 50.3 Å². The smallest absolute Gasteiger partial charge is 0.242 e. The molecule has 0 bridgehead atoms. The lowest BCUT2D eigenvalue weighted by molar-refractivity contribution is -0.113. The zero-order valence-corrected chi connectivity index (χ0v) is 20.5. The third kappa shape index (κ3) is 5.05. The molecule has 0 atom stereocenters. The quantitative estimate of drug-likeness (QED) is 0.557. The molecule has 1 amide bonds. The first-order valence-corrected chi connectivity index (χ1v) is 13.4. The van der Waals surface area contributed by atoms with Gasteiger partial charge in [-0.3, -0.25) is 9.36 Å². The molecule has 0 spiro atoms. The van der Waals surface area contributed by atoms with E-state index in [1.165, 1.54) is 50.5 Å². The molecule has 0 radical (unpaired) electrons. The molecule has 2 aromatic rings. The fraction of sp³-hybridized carbons (Fsp3) is 0.550. The van der Waals surface area contributed by atoms with Crippen LogP contribution >= 0.6 is 23.4 Å². The Hall–Kier alpha value is -1.82. The number of rotatable bonds is 8. The molecule has 12 heteroatoms. The molecule has 2 heterocycles. The lowest BCUT2D eigenvalue weighted by Crippen LogP contribution is -2.32. The SMILES string of the molecule is CN(C)S(=O)(=O)c1ccc(Cl)c(NC(=O)CSc2nnc(N3CCCCC3)n2C2CC2)c1. The van der Waals surface area contributed by atoms with E-state index in [0.29, 0.717) is 6.04 Å². The van der Waals surface area contributed by atoms with Crippen LogP contribution in [-0.4, -0.2) is 66.3 Å². The predicted octanol–water partition coefficient (Wildman–Crippen LogP) is 3.24. The van der Waals surface area contributed by atoms with Gasteiger partial charge < -0.3 is 10.2 Å². The molecule has 9 nitrogen and oxygen atoms in total. The fourth-order valence-electron chi connectivity index (χ4n) is 3.62. The molecule has 1 N–H and O–H groups in total. The van der Waals surface area contributed by atoms with E-state index in [-0.39, 0.29) is 27.3 Å². The van der Waals surface area contributed by atoms with E-state index in [1.807, 2.05) is 0 Å². The van der Waals surface area contributed by atoms with Crippen LogP contribution < -0.4 is 10.2 Å². The molecule has 1 saturated heterocycles. The number of halogens is 1. The number of hydrogen-bond acceptors (Lipinski definition) is 7. The summed E-state index contributed by atoms with van der Waals surface area (Å²) in [5, 5.41) is 12.5. The average molecular weight is 499 g/mol. The van der Waals surface area contributed by atoms with Crippen LogP contribution in [0.5, 0.6) is 0 Å². The largest absolute Gasteiger partial charge is 0.341 e. The minimum absolute atomic E-state index is 0.0644. The highest BCUT2D eigenvalue weighted by atomic mass is 35.5. The van der Waals surface area contributed by atoms with E-state index in [0.717, 1.165) is 54.2 Å². The second kappa shape index (κ2) is 9.58. The van der Waals surface area contributed by atoms with Crippen molar-refractivity contribution >= 4 is 50.9 Å². The van der Waals surface area contributed by atoms with Crippen LogP contribution in [0, 0.1) is 0 Å². The maximum absolute atomic E-state index is 12.6. The highest BCUT2D eigenvalue weighted by Gasteiger charge is 2.32. The molecule has 1 saturated carbocycles. The first-order valence-electron chi connectivity index (χ1n) is 10.6. The van der Waals surface area contributed by atoms with Gasteiger partial charge in [0.15, 0.2) is 5.16 Å². The summed E-state index contributed by atoms with van der Waals surface area (Å²) < 4.78 is 28.0. The van der Waals surface area contributed by atoms with E-state index in [2.05, 4.69) is 25.0 Å². The second-order valence-electron chi connectivity index (χ2n) is 8.20. The van der Waals surface area contributed by atoms with Gasteiger partial charge in [0.05, 0.1) is 21.4 Å². The number of sulfonamides is 1. The van der Waals surface area contributed by atoms with Crippen molar-refractivity contribution in [1.29, 1.82) is 0 Å². The van der Waals surface area contributed by atoms with Crippen molar-refractivity contribution < 1.29 is 13.2 Å². The van der Waals surface area contributed by atoms with Gasteiger partial charge in [-0.1, -0.05) is 23.4 Å². The third-order valence-corrected chi connectivity index (χ3v) is 8.60. The summed E-state index contributed by atoms with van der Waals surface area (Å²) in [4.78, 5) is 15.0. The standard InChI is InChI=1S/C20H27ClN6O3S2/c1-25(2)32(29,30)15-8-9-16(21)17(12-15)22-18(28)13-31-20-24-23-19(27(20)14-6-7-14)26-10-4-3-5-11-26/h8-9,12,14H,3-7,10-11,13H2,1-2H3,(H,22,28). The van der Waals surface area contributed by atoms with Crippen molar-refractivity contribution in [3.05, 3.63) is 23.2 Å². The minimum Gasteiger partial charge on any atom is -0.341 e. The molecule has 32 heavy (non-hydrogen) atoms. The number of benzene rings is 1. The number of carbonyl (C=O) groups is 1. The molecule has 2 fully saturated rings. The summed E-state index contributed by atoms with van der Waals surface area (Å²) in [6, 6.07) is 4.66. The Morgan fingerprint density at radius 1 is 1.22 bits per heavy atom. The zero-order chi connectivity index (χ0) is 22.9.